The van der Waals surface area contributed by atoms with Crippen LogP contribution in [0.25, 0.3) is 5.69 Å². The number of nitrogens with zero attached hydrogens (tertiary/aromatic N) is 4. The molecule has 3 aromatic rings. The van der Waals surface area contributed by atoms with E-state index in [1.54, 1.807) is 39.2 Å². The second-order valence-corrected chi connectivity index (χ2v) is 8.04. The highest BCUT2D eigenvalue weighted by atomic mass is 32.1. The van der Waals surface area contributed by atoms with Crippen LogP contribution in [0.5, 0.6) is 0 Å². The second kappa shape index (κ2) is 7.81. The Balaban J connectivity index is 1.48. The number of thiazole rings is 1. The molecule has 3 heterocycles. The van der Waals surface area contributed by atoms with E-state index in [9.17, 15) is 9.18 Å². The summed E-state index contributed by atoms with van der Waals surface area (Å²) in [5, 5.41) is 7.90. The van der Waals surface area contributed by atoms with Crippen molar-refractivity contribution in [2.45, 2.75) is 25.9 Å². The van der Waals surface area contributed by atoms with Gasteiger partial charge in [-0.2, -0.15) is 5.10 Å². The zero-order valence-corrected chi connectivity index (χ0v) is 16.6. The van der Waals surface area contributed by atoms with Gasteiger partial charge in [-0.15, -0.1) is 11.3 Å². The van der Waals surface area contributed by atoms with E-state index in [4.69, 9.17) is 0 Å². The van der Waals surface area contributed by atoms with Gasteiger partial charge in [0.25, 0.3) is 0 Å². The number of aryl methyl sites for hydroxylation is 1. The topological polar surface area (TPSA) is 63.1 Å². The third-order valence-electron chi connectivity index (χ3n) is 5.27. The van der Waals surface area contributed by atoms with E-state index in [1.807, 2.05) is 25.7 Å². The summed E-state index contributed by atoms with van der Waals surface area (Å²) in [5.41, 5.74) is 4.67. The fraction of sp³-hybridized carbons (Fsp3) is 0.350. The molecule has 1 fully saturated rings. The lowest BCUT2D eigenvalue weighted by atomic mass is 9.95. The predicted octanol–water partition coefficient (Wildman–Crippen LogP) is 3.09. The lowest BCUT2D eigenvalue weighted by molar-refractivity contribution is -0.127. The molecule has 0 radical (unpaired) electrons. The van der Waals surface area contributed by atoms with Crippen molar-refractivity contribution in [2.75, 3.05) is 13.6 Å². The van der Waals surface area contributed by atoms with Gasteiger partial charge in [0.05, 0.1) is 29.1 Å². The van der Waals surface area contributed by atoms with E-state index in [2.05, 4.69) is 15.4 Å². The zero-order chi connectivity index (χ0) is 19.7. The number of carbonyl (C=O) groups excluding carboxylic acids is 1. The molecule has 1 aliphatic rings. The first kappa shape index (κ1) is 18.8. The maximum atomic E-state index is 13.2. The van der Waals surface area contributed by atoms with Gasteiger partial charge in [-0.3, -0.25) is 4.79 Å². The molecule has 1 N–H and O–H groups in total. The van der Waals surface area contributed by atoms with Crippen LogP contribution in [0.1, 0.15) is 28.6 Å². The number of benzene rings is 1. The number of hydrogen-bond donors (Lipinski definition) is 1. The third kappa shape index (κ3) is 3.70. The minimum absolute atomic E-state index is 0.0308. The molecule has 8 heteroatoms. The number of likely N-dealkylation sites (tertiary alicyclic amines) is 1. The maximum absolute atomic E-state index is 13.2. The minimum Gasteiger partial charge on any atom is -0.338 e. The van der Waals surface area contributed by atoms with Crippen molar-refractivity contribution in [2.24, 2.45) is 5.92 Å². The maximum Gasteiger partial charge on any atom is 0.223 e. The van der Waals surface area contributed by atoms with Crippen LogP contribution in [0.2, 0.25) is 0 Å². The standard InChI is InChI=1S/C20H22FN5OS/c1-13-18(28-12-23-13)10-22-8-14-7-19(27)25(2)20(14)15-9-24-26(11-15)17-5-3-16(21)4-6-17/h3-6,9,11-12,14,20,22H,7-8,10H2,1-2H3/t14-,20+/m0/s1. The van der Waals surface area contributed by atoms with E-state index in [-0.39, 0.29) is 23.7 Å². The normalized spacial score (nSPS) is 19.5. The Hall–Kier alpha value is -2.58. The van der Waals surface area contributed by atoms with Crippen LogP contribution < -0.4 is 5.32 Å². The molecule has 0 bridgehead atoms. The van der Waals surface area contributed by atoms with Crippen LogP contribution >= 0.6 is 11.3 Å². The molecule has 2 atom stereocenters. The quantitative estimate of drug-likeness (QED) is 0.692. The molecule has 1 saturated heterocycles. The largest absolute Gasteiger partial charge is 0.338 e. The molecule has 146 valence electrons. The van der Waals surface area contributed by atoms with Crippen LogP contribution in [-0.2, 0) is 11.3 Å². The highest BCUT2D eigenvalue weighted by molar-refractivity contribution is 7.09. The monoisotopic (exact) mass is 399 g/mol. The zero-order valence-electron chi connectivity index (χ0n) is 15.8. The Labute approximate surface area is 167 Å². The molecule has 0 spiro atoms. The van der Waals surface area contributed by atoms with E-state index < -0.39 is 0 Å². The number of halogens is 1. The average Bonchev–Trinajstić information content (AvgIpc) is 3.37. The molecular weight excluding hydrogens is 377 g/mol. The highest BCUT2D eigenvalue weighted by Gasteiger charge is 2.38. The molecular formula is C20H22FN5OS. The van der Waals surface area contributed by atoms with Crippen molar-refractivity contribution < 1.29 is 9.18 Å². The van der Waals surface area contributed by atoms with Gasteiger partial charge < -0.3 is 10.2 Å². The summed E-state index contributed by atoms with van der Waals surface area (Å²) in [5.74, 6) is 0.0245. The Morgan fingerprint density at radius 3 is 2.82 bits per heavy atom. The van der Waals surface area contributed by atoms with E-state index in [0.29, 0.717) is 6.42 Å². The van der Waals surface area contributed by atoms with Gasteiger partial charge >= 0.3 is 0 Å². The summed E-state index contributed by atoms with van der Waals surface area (Å²) in [6.45, 7) is 3.50. The third-order valence-corrected chi connectivity index (χ3v) is 6.20. The summed E-state index contributed by atoms with van der Waals surface area (Å²) in [4.78, 5) is 19.6. The number of nitrogens with one attached hydrogen (secondary N) is 1. The van der Waals surface area contributed by atoms with E-state index in [0.717, 1.165) is 30.0 Å². The van der Waals surface area contributed by atoms with Crippen molar-refractivity contribution in [3.8, 4) is 5.69 Å². The van der Waals surface area contributed by atoms with Crippen LogP contribution in [0.3, 0.4) is 0 Å². The van der Waals surface area contributed by atoms with Gasteiger partial charge in [0, 0.05) is 49.1 Å². The molecule has 2 aromatic heterocycles. The smallest absolute Gasteiger partial charge is 0.223 e. The minimum atomic E-state index is -0.278. The van der Waals surface area contributed by atoms with Crippen molar-refractivity contribution >= 4 is 17.2 Å². The summed E-state index contributed by atoms with van der Waals surface area (Å²) in [7, 11) is 1.84. The van der Waals surface area contributed by atoms with Gasteiger partial charge in [0.2, 0.25) is 5.91 Å². The van der Waals surface area contributed by atoms with E-state index in [1.165, 1.54) is 17.0 Å². The second-order valence-electron chi connectivity index (χ2n) is 7.10. The Bertz CT molecular complexity index is 967. The van der Waals surface area contributed by atoms with Crippen LogP contribution in [0.15, 0.2) is 42.2 Å². The van der Waals surface area contributed by atoms with Gasteiger partial charge in [0.1, 0.15) is 5.82 Å². The Kier molecular flexibility index (Phi) is 5.23. The van der Waals surface area contributed by atoms with Crippen molar-refractivity contribution in [1.29, 1.82) is 0 Å². The van der Waals surface area contributed by atoms with Crippen LogP contribution in [0, 0.1) is 18.7 Å². The SMILES string of the molecule is Cc1ncsc1CNC[C@@H]1CC(=O)N(C)[C@H]1c1cnn(-c2ccc(F)cc2)c1. The number of rotatable bonds is 6. The fourth-order valence-corrected chi connectivity index (χ4v) is 4.47. The first-order chi connectivity index (χ1) is 13.5. The lowest BCUT2D eigenvalue weighted by Crippen LogP contribution is -2.28. The number of amides is 1. The molecule has 0 unspecified atom stereocenters. The van der Waals surface area contributed by atoms with Gasteiger partial charge in [-0.25, -0.2) is 14.1 Å². The summed E-state index contributed by atoms with van der Waals surface area (Å²) >= 11 is 1.64. The highest BCUT2D eigenvalue weighted by Crippen LogP contribution is 2.36. The Morgan fingerprint density at radius 2 is 2.11 bits per heavy atom. The van der Waals surface area contributed by atoms with Crippen LogP contribution in [-0.4, -0.2) is 39.2 Å². The number of hydrogen-bond acceptors (Lipinski definition) is 5. The fourth-order valence-electron chi connectivity index (χ4n) is 3.72. The first-order valence-corrected chi connectivity index (χ1v) is 10.1. The average molecular weight is 399 g/mol. The number of aromatic nitrogens is 3. The molecule has 1 amide bonds. The first-order valence-electron chi connectivity index (χ1n) is 9.19. The summed E-state index contributed by atoms with van der Waals surface area (Å²) in [6, 6.07) is 6.17. The van der Waals surface area contributed by atoms with Gasteiger partial charge in [-0.05, 0) is 31.2 Å². The molecule has 28 heavy (non-hydrogen) atoms. The number of carbonyl (C=O) groups is 1. The molecule has 0 saturated carbocycles. The summed E-state index contributed by atoms with van der Waals surface area (Å²) < 4.78 is 14.9. The van der Waals surface area contributed by atoms with Crippen LogP contribution in [0.4, 0.5) is 4.39 Å². The molecule has 0 aliphatic carbocycles. The van der Waals surface area contributed by atoms with Gasteiger partial charge in [0.15, 0.2) is 0 Å². The molecule has 1 aromatic carbocycles. The van der Waals surface area contributed by atoms with Gasteiger partial charge in [-0.1, -0.05) is 0 Å². The molecule has 6 nitrogen and oxygen atoms in total. The van der Waals surface area contributed by atoms with Crippen molar-refractivity contribution in [3.63, 3.8) is 0 Å². The molecule has 4 rings (SSSR count). The van der Waals surface area contributed by atoms with Crippen molar-refractivity contribution in [1.82, 2.24) is 25.0 Å². The van der Waals surface area contributed by atoms with E-state index >= 15 is 0 Å². The summed E-state index contributed by atoms with van der Waals surface area (Å²) in [6.07, 6.45) is 4.23. The lowest BCUT2D eigenvalue weighted by Gasteiger charge is -2.24. The Morgan fingerprint density at radius 1 is 1.32 bits per heavy atom. The molecule has 1 aliphatic heterocycles. The van der Waals surface area contributed by atoms with Crippen molar-refractivity contribution in [3.05, 3.63) is 64.1 Å². The predicted molar refractivity (Wildman–Crippen MR) is 106 cm³/mol.